The van der Waals surface area contributed by atoms with Crippen LogP contribution in [-0.4, -0.2) is 47.6 Å². The van der Waals surface area contributed by atoms with E-state index in [2.05, 4.69) is 41.4 Å². The lowest BCUT2D eigenvalue weighted by molar-refractivity contribution is 0.352. The van der Waals surface area contributed by atoms with E-state index in [4.69, 9.17) is 0 Å². The summed E-state index contributed by atoms with van der Waals surface area (Å²) in [4.78, 5) is 11.1. The zero-order valence-corrected chi connectivity index (χ0v) is 12.3. The fourth-order valence-corrected chi connectivity index (χ4v) is 2.40. The zero-order valence-electron chi connectivity index (χ0n) is 10.7. The summed E-state index contributed by atoms with van der Waals surface area (Å²) >= 11 is 3.47. The Labute approximate surface area is 117 Å². The van der Waals surface area contributed by atoms with Crippen molar-refractivity contribution < 1.29 is 0 Å². The second-order valence-electron chi connectivity index (χ2n) is 4.40. The number of halogens is 1. The first kappa shape index (κ1) is 13.5. The van der Waals surface area contributed by atoms with Crippen molar-refractivity contribution >= 4 is 27.7 Å². The number of rotatable bonds is 6. The minimum Gasteiger partial charge on any atom is -0.368 e. The van der Waals surface area contributed by atoms with Crippen LogP contribution in [0.25, 0.3) is 0 Å². The standard InChI is InChI=1S/C12H20BrN5/c1-2-14-12-16-9-10(13)11(17-12)15-5-8-18-6-3-4-7-18/h9H,2-8H2,1H3,(H2,14,15,16,17). The number of likely N-dealkylation sites (tertiary alicyclic amines) is 1. The van der Waals surface area contributed by atoms with Crippen molar-refractivity contribution in [3.05, 3.63) is 10.7 Å². The van der Waals surface area contributed by atoms with Gasteiger partial charge in [-0.1, -0.05) is 0 Å². The van der Waals surface area contributed by atoms with E-state index in [1.807, 2.05) is 6.92 Å². The third-order valence-corrected chi connectivity index (χ3v) is 3.58. The lowest BCUT2D eigenvalue weighted by Gasteiger charge is -2.15. The molecule has 100 valence electrons. The molecule has 0 spiro atoms. The van der Waals surface area contributed by atoms with Crippen molar-refractivity contribution in [3.8, 4) is 0 Å². The summed E-state index contributed by atoms with van der Waals surface area (Å²) in [6.07, 6.45) is 4.45. The number of anilines is 2. The maximum atomic E-state index is 4.43. The topological polar surface area (TPSA) is 53.1 Å². The number of nitrogens with zero attached hydrogens (tertiary/aromatic N) is 3. The second-order valence-corrected chi connectivity index (χ2v) is 5.25. The van der Waals surface area contributed by atoms with Crippen LogP contribution < -0.4 is 10.6 Å². The number of aromatic nitrogens is 2. The molecule has 0 unspecified atom stereocenters. The molecule has 0 bridgehead atoms. The molecule has 0 amide bonds. The van der Waals surface area contributed by atoms with Crippen molar-refractivity contribution in [1.29, 1.82) is 0 Å². The fourth-order valence-electron chi connectivity index (χ4n) is 2.07. The minimum absolute atomic E-state index is 0.671. The molecule has 6 heteroatoms. The molecule has 0 aliphatic carbocycles. The van der Waals surface area contributed by atoms with E-state index >= 15 is 0 Å². The molecule has 1 aromatic heterocycles. The van der Waals surface area contributed by atoms with Crippen molar-refractivity contribution in [2.24, 2.45) is 0 Å². The quantitative estimate of drug-likeness (QED) is 0.843. The van der Waals surface area contributed by atoms with Gasteiger partial charge in [-0.3, -0.25) is 0 Å². The second kappa shape index (κ2) is 6.89. The Morgan fingerprint density at radius 3 is 2.83 bits per heavy atom. The molecule has 1 aromatic rings. The van der Waals surface area contributed by atoms with Gasteiger partial charge in [0.15, 0.2) is 0 Å². The highest BCUT2D eigenvalue weighted by atomic mass is 79.9. The predicted molar refractivity (Wildman–Crippen MR) is 78.1 cm³/mol. The van der Waals surface area contributed by atoms with Crippen LogP contribution in [0.15, 0.2) is 10.7 Å². The van der Waals surface area contributed by atoms with E-state index in [1.165, 1.54) is 25.9 Å². The van der Waals surface area contributed by atoms with Gasteiger partial charge < -0.3 is 15.5 Å². The van der Waals surface area contributed by atoms with Crippen LogP contribution >= 0.6 is 15.9 Å². The summed E-state index contributed by atoms with van der Waals surface area (Å²) in [7, 11) is 0. The molecule has 2 rings (SSSR count). The molecule has 1 fully saturated rings. The third-order valence-electron chi connectivity index (χ3n) is 3.00. The van der Waals surface area contributed by atoms with Crippen LogP contribution in [0, 0.1) is 0 Å². The van der Waals surface area contributed by atoms with Gasteiger partial charge >= 0.3 is 0 Å². The lowest BCUT2D eigenvalue weighted by atomic mass is 10.4. The molecule has 1 aliphatic rings. The average molecular weight is 314 g/mol. The molecule has 1 aliphatic heterocycles. The molecular formula is C12H20BrN5. The molecule has 18 heavy (non-hydrogen) atoms. The molecule has 2 N–H and O–H groups in total. The Morgan fingerprint density at radius 2 is 2.11 bits per heavy atom. The Kier molecular flexibility index (Phi) is 5.19. The average Bonchev–Trinajstić information content (AvgIpc) is 2.86. The van der Waals surface area contributed by atoms with Gasteiger partial charge in [0.05, 0.1) is 4.47 Å². The summed E-state index contributed by atoms with van der Waals surface area (Å²) in [5.41, 5.74) is 0. The van der Waals surface area contributed by atoms with Crippen molar-refractivity contribution in [1.82, 2.24) is 14.9 Å². The molecule has 0 aromatic carbocycles. The Balaban J connectivity index is 1.85. The molecule has 0 radical (unpaired) electrons. The highest BCUT2D eigenvalue weighted by molar-refractivity contribution is 9.10. The highest BCUT2D eigenvalue weighted by Gasteiger charge is 2.11. The molecule has 2 heterocycles. The van der Waals surface area contributed by atoms with Crippen LogP contribution in [0.1, 0.15) is 19.8 Å². The van der Waals surface area contributed by atoms with Gasteiger partial charge in [0.2, 0.25) is 5.95 Å². The van der Waals surface area contributed by atoms with E-state index in [0.29, 0.717) is 5.95 Å². The predicted octanol–water partition coefficient (Wildman–Crippen LogP) is 2.18. The fraction of sp³-hybridized carbons (Fsp3) is 0.667. The van der Waals surface area contributed by atoms with Gasteiger partial charge in [0.1, 0.15) is 5.82 Å². The molecule has 0 saturated carbocycles. The summed E-state index contributed by atoms with van der Waals surface area (Å²) in [5, 5.41) is 6.47. The maximum Gasteiger partial charge on any atom is 0.224 e. The van der Waals surface area contributed by atoms with E-state index in [1.54, 1.807) is 6.20 Å². The van der Waals surface area contributed by atoms with Crippen LogP contribution in [0.2, 0.25) is 0 Å². The first-order chi connectivity index (χ1) is 8.79. The van der Waals surface area contributed by atoms with E-state index in [9.17, 15) is 0 Å². The summed E-state index contributed by atoms with van der Waals surface area (Å²) < 4.78 is 0.908. The Morgan fingerprint density at radius 1 is 1.33 bits per heavy atom. The van der Waals surface area contributed by atoms with Crippen molar-refractivity contribution in [2.45, 2.75) is 19.8 Å². The molecule has 5 nitrogen and oxygen atoms in total. The van der Waals surface area contributed by atoms with Crippen LogP contribution in [-0.2, 0) is 0 Å². The van der Waals surface area contributed by atoms with Crippen LogP contribution in [0.4, 0.5) is 11.8 Å². The monoisotopic (exact) mass is 313 g/mol. The number of nitrogens with one attached hydrogen (secondary N) is 2. The minimum atomic E-state index is 0.671. The largest absolute Gasteiger partial charge is 0.368 e. The first-order valence-electron chi connectivity index (χ1n) is 6.52. The first-order valence-corrected chi connectivity index (χ1v) is 7.31. The smallest absolute Gasteiger partial charge is 0.224 e. The van der Waals surface area contributed by atoms with E-state index in [0.717, 1.165) is 29.9 Å². The number of hydrogen-bond acceptors (Lipinski definition) is 5. The maximum absolute atomic E-state index is 4.43. The molecular weight excluding hydrogens is 294 g/mol. The van der Waals surface area contributed by atoms with Gasteiger partial charge in [-0.05, 0) is 48.8 Å². The SMILES string of the molecule is CCNc1ncc(Br)c(NCCN2CCCC2)n1. The third kappa shape index (κ3) is 3.81. The highest BCUT2D eigenvalue weighted by Crippen LogP contribution is 2.19. The molecule has 1 saturated heterocycles. The van der Waals surface area contributed by atoms with Crippen LogP contribution in [0.3, 0.4) is 0 Å². The van der Waals surface area contributed by atoms with Gasteiger partial charge in [-0.25, -0.2) is 4.98 Å². The summed E-state index contributed by atoms with van der Waals surface area (Å²) in [6, 6.07) is 0. The van der Waals surface area contributed by atoms with Crippen LogP contribution in [0.5, 0.6) is 0 Å². The van der Waals surface area contributed by atoms with E-state index < -0.39 is 0 Å². The van der Waals surface area contributed by atoms with Gasteiger partial charge in [-0.15, -0.1) is 0 Å². The van der Waals surface area contributed by atoms with E-state index in [-0.39, 0.29) is 0 Å². The van der Waals surface area contributed by atoms with Gasteiger partial charge in [-0.2, -0.15) is 4.98 Å². The molecule has 0 atom stereocenters. The Hall–Kier alpha value is -0.880. The summed E-state index contributed by atoms with van der Waals surface area (Å²) in [6.45, 7) is 7.32. The van der Waals surface area contributed by atoms with Crippen molar-refractivity contribution in [3.63, 3.8) is 0 Å². The normalized spacial score (nSPS) is 15.9. The summed E-state index contributed by atoms with van der Waals surface area (Å²) in [5.74, 6) is 1.53. The van der Waals surface area contributed by atoms with Gasteiger partial charge in [0.25, 0.3) is 0 Å². The number of hydrogen-bond donors (Lipinski definition) is 2. The lowest BCUT2D eigenvalue weighted by Crippen LogP contribution is -2.26. The van der Waals surface area contributed by atoms with Crippen molar-refractivity contribution in [2.75, 3.05) is 43.4 Å². The van der Waals surface area contributed by atoms with Gasteiger partial charge in [0, 0.05) is 25.8 Å². The Bertz CT molecular complexity index is 379. The zero-order chi connectivity index (χ0) is 12.8.